The Labute approximate surface area is 382 Å². The number of ether oxygens (including phenoxy) is 4. The zero-order valence-corrected chi connectivity index (χ0v) is 38.6. The first-order valence-corrected chi connectivity index (χ1v) is 22.3. The molecule has 10 heterocycles. The average molecular weight is 907 g/mol. The monoisotopic (exact) mass is 906 g/mol. The van der Waals surface area contributed by atoms with Gasteiger partial charge in [-0.2, -0.15) is 10.2 Å². The first-order valence-electron chi connectivity index (χ1n) is 22.3. The zero-order chi connectivity index (χ0) is 46.7. The van der Waals surface area contributed by atoms with Crippen molar-refractivity contribution < 1.29 is 37.3 Å². The van der Waals surface area contributed by atoms with Crippen molar-refractivity contribution in [1.82, 2.24) is 39.0 Å². The van der Waals surface area contributed by atoms with Crippen molar-refractivity contribution in [3.05, 3.63) is 85.2 Å². The molecule has 4 saturated heterocycles. The van der Waals surface area contributed by atoms with Crippen LogP contribution in [0, 0.1) is 11.6 Å². The molecule has 0 spiro atoms. The van der Waals surface area contributed by atoms with E-state index in [1.54, 1.807) is 33.6 Å². The number of pyridine rings is 2. The maximum Gasteiger partial charge on any atom is 0.410 e. The Morgan fingerprint density at radius 3 is 1.29 bits per heavy atom. The molecule has 18 heteroatoms. The molecule has 4 unspecified atom stereocenters. The summed E-state index contributed by atoms with van der Waals surface area (Å²) in [4.78, 5) is 41.9. The summed E-state index contributed by atoms with van der Waals surface area (Å²) in [5.74, 6) is -0.135. The van der Waals surface area contributed by atoms with Crippen molar-refractivity contribution in [2.75, 3.05) is 50.2 Å². The summed E-state index contributed by atoms with van der Waals surface area (Å²) >= 11 is 0. The molecule has 16 nitrogen and oxygen atoms in total. The van der Waals surface area contributed by atoms with E-state index < -0.39 is 22.8 Å². The minimum atomic E-state index is -0.516. The molecule has 0 radical (unpaired) electrons. The topological polar surface area (TPSA) is 144 Å². The number of carbonyl (C=O) groups is 2. The number of piperazine rings is 2. The summed E-state index contributed by atoms with van der Waals surface area (Å²) < 4.78 is 54.2. The highest BCUT2D eigenvalue weighted by Gasteiger charge is 2.46. The Morgan fingerprint density at radius 2 is 0.955 bits per heavy atom. The van der Waals surface area contributed by atoms with Gasteiger partial charge in [-0.3, -0.25) is 9.80 Å². The van der Waals surface area contributed by atoms with E-state index in [1.807, 2.05) is 88.0 Å². The Hall–Kier alpha value is -6.72. The summed E-state index contributed by atoms with van der Waals surface area (Å²) in [5, 5.41) is 8.86. The van der Waals surface area contributed by atoms with Crippen LogP contribution >= 0.6 is 0 Å². The molecule has 0 aliphatic carbocycles. The van der Waals surface area contributed by atoms with E-state index in [9.17, 15) is 18.4 Å². The van der Waals surface area contributed by atoms with Gasteiger partial charge < -0.3 is 28.7 Å². The van der Waals surface area contributed by atoms with E-state index in [4.69, 9.17) is 18.9 Å². The number of carbonyl (C=O) groups excluding carboxylic acids is 2. The van der Waals surface area contributed by atoms with Crippen LogP contribution in [0.15, 0.2) is 73.6 Å². The molecule has 0 saturated carbocycles. The van der Waals surface area contributed by atoms with Crippen molar-refractivity contribution >= 4 is 34.6 Å². The lowest BCUT2D eigenvalue weighted by atomic mass is 10.1. The van der Waals surface area contributed by atoms with Gasteiger partial charge in [-0.15, -0.1) is 0 Å². The van der Waals surface area contributed by atoms with Crippen molar-refractivity contribution in [2.45, 2.75) is 103 Å². The van der Waals surface area contributed by atoms with Gasteiger partial charge in [0, 0.05) is 85.4 Å². The molecule has 2 amide bonds. The Bertz CT molecular complexity index is 2570. The Kier molecular flexibility index (Phi) is 11.6. The van der Waals surface area contributed by atoms with Gasteiger partial charge in [0.05, 0.1) is 73.2 Å². The number of nitrogens with zero attached hydrogens (tertiary/aromatic N) is 10. The number of halogens is 2. The number of fused-ring (bicyclic) bond motifs is 6. The second-order valence-corrected chi connectivity index (χ2v) is 19.3. The quantitative estimate of drug-likeness (QED) is 0.159. The van der Waals surface area contributed by atoms with Gasteiger partial charge in [0.15, 0.2) is 0 Å². The number of aromatic nitrogens is 6. The van der Waals surface area contributed by atoms with Crippen LogP contribution in [0.25, 0.3) is 33.3 Å². The molecule has 4 aliphatic rings. The van der Waals surface area contributed by atoms with Crippen LogP contribution in [0.1, 0.15) is 67.2 Å². The van der Waals surface area contributed by atoms with Crippen LogP contribution in [-0.2, 0) is 9.47 Å². The van der Waals surface area contributed by atoms with E-state index in [2.05, 4.69) is 30.0 Å². The minimum absolute atomic E-state index is 0.100. The minimum Gasteiger partial charge on any atom is -0.481 e. The largest absolute Gasteiger partial charge is 0.481 e. The van der Waals surface area contributed by atoms with E-state index in [0.717, 1.165) is 48.1 Å². The van der Waals surface area contributed by atoms with Gasteiger partial charge in [0.1, 0.15) is 22.8 Å². The van der Waals surface area contributed by atoms with Crippen LogP contribution in [0.5, 0.6) is 11.8 Å². The summed E-state index contributed by atoms with van der Waals surface area (Å²) in [7, 11) is 3.01. The van der Waals surface area contributed by atoms with Crippen molar-refractivity contribution in [2.24, 2.45) is 0 Å². The van der Waals surface area contributed by atoms with Gasteiger partial charge >= 0.3 is 12.2 Å². The molecule has 4 fully saturated rings. The SMILES string of the molecule is COc1cc(-c2cc3c(N4CC5CCC(C4)N5C(=O)OC(C)(C)C)ccnn3c2)c(F)cn1.COc1cc(-c2cc3c(N4CC5CCC(C4)N5C(=O)OC(C)(C)C)ccnn3c2)c(F)cn1. The molecule has 10 rings (SSSR count). The lowest BCUT2D eigenvalue weighted by Crippen LogP contribution is -2.56. The molecular formula is C48H56F2N10O6. The normalized spacial score (nSPS) is 20.4. The molecule has 4 aliphatic heterocycles. The Morgan fingerprint density at radius 1 is 0.591 bits per heavy atom. The van der Waals surface area contributed by atoms with E-state index in [1.165, 1.54) is 26.6 Å². The number of hydrogen-bond acceptors (Lipinski definition) is 12. The number of methoxy groups -OCH3 is 2. The number of hydrogen-bond donors (Lipinski definition) is 0. The maximum absolute atomic E-state index is 14.5. The van der Waals surface area contributed by atoms with Crippen LogP contribution in [0.2, 0.25) is 0 Å². The fraction of sp³-hybridized carbons (Fsp3) is 0.458. The Balaban J connectivity index is 0.000000166. The standard InChI is InChI=1S/2C24H28FN5O3/c2*1-24(2,3)33-23(31)30-16-5-6-17(30)14-28(13-16)20-7-8-27-29-12-15(9-21(20)29)18-10-22(32-4)26-11-19(18)25/h2*7-12,16-17H,5-6,13-14H2,1-4H3. The van der Waals surface area contributed by atoms with E-state index >= 15 is 0 Å². The smallest absolute Gasteiger partial charge is 0.410 e. The third-order valence-corrected chi connectivity index (χ3v) is 12.5. The van der Waals surface area contributed by atoms with Gasteiger partial charge in [0.2, 0.25) is 11.8 Å². The molecule has 0 N–H and O–H groups in total. The third-order valence-electron chi connectivity index (χ3n) is 12.5. The third kappa shape index (κ3) is 8.84. The summed E-state index contributed by atoms with van der Waals surface area (Å²) in [5.41, 5.74) is 4.97. The van der Waals surface area contributed by atoms with Crippen molar-refractivity contribution in [3.8, 4) is 34.0 Å². The van der Waals surface area contributed by atoms with Gasteiger partial charge in [-0.1, -0.05) is 0 Å². The van der Waals surface area contributed by atoms with Crippen LogP contribution in [-0.4, -0.2) is 127 Å². The molecule has 348 valence electrons. The summed E-state index contributed by atoms with van der Waals surface area (Å²) in [6.07, 6.45) is 12.8. The van der Waals surface area contributed by atoms with Gasteiger partial charge in [0.25, 0.3) is 0 Å². The predicted molar refractivity (Wildman–Crippen MR) is 244 cm³/mol. The first-order chi connectivity index (χ1) is 31.5. The molecule has 6 aromatic heterocycles. The molecule has 66 heavy (non-hydrogen) atoms. The predicted octanol–water partition coefficient (Wildman–Crippen LogP) is 8.26. The maximum atomic E-state index is 14.5. The van der Waals surface area contributed by atoms with Crippen LogP contribution < -0.4 is 19.3 Å². The van der Waals surface area contributed by atoms with E-state index in [0.29, 0.717) is 60.2 Å². The highest BCUT2D eigenvalue weighted by molar-refractivity contribution is 5.82. The van der Waals surface area contributed by atoms with E-state index in [-0.39, 0.29) is 36.4 Å². The number of amides is 2. The highest BCUT2D eigenvalue weighted by Crippen LogP contribution is 2.39. The zero-order valence-electron chi connectivity index (χ0n) is 38.6. The second-order valence-electron chi connectivity index (χ2n) is 19.3. The van der Waals surface area contributed by atoms with Crippen molar-refractivity contribution in [1.29, 1.82) is 0 Å². The molecule has 0 aromatic carbocycles. The van der Waals surface area contributed by atoms with Gasteiger partial charge in [-0.25, -0.2) is 37.4 Å². The molecule has 4 atom stereocenters. The molecular weight excluding hydrogens is 851 g/mol. The summed E-state index contributed by atoms with van der Waals surface area (Å²) in [6, 6.07) is 11.4. The van der Waals surface area contributed by atoms with Crippen LogP contribution in [0.3, 0.4) is 0 Å². The molecule has 4 bridgehead atoms. The average Bonchev–Trinajstić information content (AvgIpc) is 4.03. The lowest BCUT2D eigenvalue weighted by Gasteiger charge is -2.42. The fourth-order valence-electron chi connectivity index (χ4n) is 9.76. The summed E-state index contributed by atoms with van der Waals surface area (Å²) in [6.45, 7) is 14.2. The number of rotatable bonds is 6. The van der Waals surface area contributed by atoms with Crippen molar-refractivity contribution in [3.63, 3.8) is 0 Å². The highest BCUT2D eigenvalue weighted by atomic mass is 19.1. The van der Waals surface area contributed by atoms with Crippen LogP contribution in [0.4, 0.5) is 29.7 Å². The van der Waals surface area contributed by atoms with Gasteiger partial charge in [-0.05, 0) is 91.5 Å². The second kappa shape index (κ2) is 17.3. The molecule has 6 aromatic rings. The lowest BCUT2D eigenvalue weighted by molar-refractivity contribution is 0.0112. The fourth-order valence-corrected chi connectivity index (χ4v) is 9.76. The number of anilines is 2. The first kappa shape index (κ1) is 44.5.